The van der Waals surface area contributed by atoms with Crippen molar-refractivity contribution in [2.24, 2.45) is 0 Å². The molecule has 2 saturated heterocycles. The van der Waals surface area contributed by atoms with Crippen LogP contribution in [0.3, 0.4) is 0 Å². The third-order valence-electron chi connectivity index (χ3n) is 5.30. The summed E-state index contributed by atoms with van der Waals surface area (Å²) in [6.07, 6.45) is 4.11. The molecular weight excluding hydrogens is 326 g/mol. The number of aryl methyl sites for hydroxylation is 1. The van der Waals surface area contributed by atoms with Crippen LogP contribution < -0.4 is 0 Å². The lowest BCUT2D eigenvalue weighted by molar-refractivity contribution is -0.154. The standard InChI is InChI=1S/C21H25N3O2/c25-21-16-26-20-15-23(12-6-9-17-7-2-1-3-8-17)14-19(20)24(21)13-18-10-4-5-11-22-18/h1-5,7-8,10-11,19-20H,6,9,12-16H2/t19-,20+/m1/s1. The van der Waals surface area contributed by atoms with E-state index < -0.39 is 0 Å². The second-order valence-electron chi connectivity index (χ2n) is 7.11. The van der Waals surface area contributed by atoms with Crippen LogP contribution in [0.15, 0.2) is 54.7 Å². The molecule has 2 aliphatic rings. The quantitative estimate of drug-likeness (QED) is 0.800. The highest BCUT2D eigenvalue weighted by Crippen LogP contribution is 2.25. The minimum Gasteiger partial charge on any atom is -0.365 e. The normalized spacial score (nSPS) is 23.2. The van der Waals surface area contributed by atoms with Gasteiger partial charge < -0.3 is 9.64 Å². The maximum absolute atomic E-state index is 12.4. The van der Waals surface area contributed by atoms with Crippen LogP contribution in [0.25, 0.3) is 0 Å². The van der Waals surface area contributed by atoms with Gasteiger partial charge in [0.05, 0.1) is 24.4 Å². The van der Waals surface area contributed by atoms with Crippen molar-refractivity contribution in [3.05, 3.63) is 66.0 Å². The van der Waals surface area contributed by atoms with E-state index in [1.165, 1.54) is 5.56 Å². The average Bonchev–Trinajstić information content (AvgIpc) is 3.09. The fraction of sp³-hybridized carbons (Fsp3) is 0.429. The molecule has 0 radical (unpaired) electrons. The van der Waals surface area contributed by atoms with E-state index in [1.54, 1.807) is 6.20 Å². The summed E-state index contributed by atoms with van der Waals surface area (Å²) in [5.41, 5.74) is 2.32. The van der Waals surface area contributed by atoms with Crippen LogP contribution in [0, 0.1) is 0 Å². The Kier molecular flexibility index (Phi) is 5.27. The van der Waals surface area contributed by atoms with Crippen molar-refractivity contribution in [3.63, 3.8) is 0 Å². The fourth-order valence-electron chi connectivity index (χ4n) is 3.95. The molecule has 2 fully saturated rings. The van der Waals surface area contributed by atoms with Gasteiger partial charge in [-0.3, -0.25) is 14.7 Å². The molecule has 26 heavy (non-hydrogen) atoms. The molecule has 0 spiro atoms. The van der Waals surface area contributed by atoms with Crippen LogP contribution in [-0.4, -0.2) is 59.1 Å². The van der Waals surface area contributed by atoms with Crippen LogP contribution in [0.5, 0.6) is 0 Å². The van der Waals surface area contributed by atoms with Crippen molar-refractivity contribution < 1.29 is 9.53 Å². The number of likely N-dealkylation sites (tertiary alicyclic amines) is 1. The largest absolute Gasteiger partial charge is 0.365 e. The minimum absolute atomic E-state index is 0.0723. The molecule has 2 aliphatic heterocycles. The molecule has 0 bridgehead atoms. The first kappa shape index (κ1) is 17.2. The number of morpholine rings is 1. The molecule has 2 aromatic rings. The molecule has 5 nitrogen and oxygen atoms in total. The Hall–Kier alpha value is -2.24. The first-order chi connectivity index (χ1) is 12.8. The Bertz CT molecular complexity index is 723. The third kappa shape index (κ3) is 3.94. The van der Waals surface area contributed by atoms with Crippen LogP contribution in [-0.2, 0) is 22.5 Å². The van der Waals surface area contributed by atoms with Crippen molar-refractivity contribution in [1.82, 2.24) is 14.8 Å². The molecule has 0 N–H and O–H groups in total. The maximum Gasteiger partial charge on any atom is 0.249 e. The number of hydrogen-bond donors (Lipinski definition) is 0. The summed E-state index contributed by atoms with van der Waals surface area (Å²) in [6, 6.07) is 16.6. The number of fused-ring (bicyclic) bond motifs is 1. The molecule has 4 rings (SSSR count). The van der Waals surface area contributed by atoms with Gasteiger partial charge in [0.15, 0.2) is 0 Å². The van der Waals surface area contributed by atoms with Gasteiger partial charge in [-0.05, 0) is 37.1 Å². The van der Waals surface area contributed by atoms with Gasteiger partial charge in [0.2, 0.25) is 5.91 Å². The van der Waals surface area contributed by atoms with Crippen LogP contribution >= 0.6 is 0 Å². The Morgan fingerprint density at radius 3 is 2.73 bits per heavy atom. The Morgan fingerprint density at radius 2 is 1.92 bits per heavy atom. The molecule has 0 unspecified atom stereocenters. The zero-order valence-corrected chi connectivity index (χ0v) is 15.0. The number of amides is 1. The molecule has 5 heteroatoms. The summed E-state index contributed by atoms with van der Waals surface area (Å²) in [6.45, 7) is 3.59. The van der Waals surface area contributed by atoms with E-state index in [1.807, 2.05) is 23.1 Å². The lowest BCUT2D eigenvalue weighted by Crippen LogP contribution is -2.53. The highest BCUT2D eigenvalue weighted by Gasteiger charge is 2.42. The highest BCUT2D eigenvalue weighted by atomic mass is 16.5. The summed E-state index contributed by atoms with van der Waals surface area (Å²) >= 11 is 0. The predicted molar refractivity (Wildman–Crippen MR) is 99.5 cm³/mol. The number of benzene rings is 1. The molecule has 2 atom stereocenters. The Labute approximate surface area is 154 Å². The summed E-state index contributed by atoms with van der Waals surface area (Å²) in [5, 5.41) is 0. The first-order valence-corrected chi connectivity index (χ1v) is 9.37. The average molecular weight is 351 g/mol. The summed E-state index contributed by atoms with van der Waals surface area (Å²) in [5.74, 6) is 0.0723. The van der Waals surface area contributed by atoms with E-state index in [0.29, 0.717) is 6.54 Å². The third-order valence-corrected chi connectivity index (χ3v) is 5.30. The van der Waals surface area contributed by atoms with Crippen molar-refractivity contribution in [2.75, 3.05) is 26.2 Å². The van der Waals surface area contributed by atoms with Crippen molar-refractivity contribution >= 4 is 5.91 Å². The van der Waals surface area contributed by atoms with Crippen molar-refractivity contribution in [1.29, 1.82) is 0 Å². The van der Waals surface area contributed by atoms with Crippen molar-refractivity contribution in [2.45, 2.75) is 31.5 Å². The van der Waals surface area contributed by atoms with Gasteiger partial charge in [-0.1, -0.05) is 36.4 Å². The number of aromatic nitrogens is 1. The minimum atomic E-state index is 0.0723. The summed E-state index contributed by atoms with van der Waals surface area (Å²) in [4.78, 5) is 21.2. The highest BCUT2D eigenvalue weighted by molar-refractivity contribution is 5.78. The van der Waals surface area contributed by atoms with Gasteiger partial charge in [-0.2, -0.15) is 0 Å². The van der Waals surface area contributed by atoms with E-state index in [4.69, 9.17) is 4.74 Å². The van der Waals surface area contributed by atoms with Gasteiger partial charge in [0.1, 0.15) is 6.61 Å². The first-order valence-electron chi connectivity index (χ1n) is 9.37. The molecule has 0 aliphatic carbocycles. The van der Waals surface area contributed by atoms with Gasteiger partial charge in [0.25, 0.3) is 0 Å². The van der Waals surface area contributed by atoms with E-state index >= 15 is 0 Å². The number of carbonyl (C=O) groups is 1. The number of pyridine rings is 1. The van der Waals surface area contributed by atoms with Crippen molar-refractivity contribution in [3.8, 4) is 0 Å². The number of ether oxygens (including phenoxy) is 1. The number of nitrogens with zero attached hydrogens (tertiary/aromatic N) is 3. The maximum atomic E-state index is 12.4. The van der Waals surface area contributed by atoms with Crippen LogP contribution in [0.1, 0.15) is 17.7 Å². The summed E-state index contributed by atoms with van der Waals surface area (Å²) in [7, 11) is 0. The molecule has 1 amide bonds. The molecule has 1 aromatic carbocycles. The van der Waals surface area contributed by atoms with Gasteiger partial charge >= 0.3 is 0 Å². The lowest BCUT2D eigenvalue weighted by Gasteiger charge is -2.36. The monoisotopic (exact) mass is 351 g/mol. The van der Waals surface area contributed by atoms with E-state index in [-0.39, 0.29) is 24.7 Å². The molecule has 1 aromatic heterocycles. The molecular formula is C21H25N3O2. The second kappa shape index (κ2) is 7.98. The van der Waals surface area contributed by atoms with Gasteiger partial charge in [-0.15, -0.1) is 0 Å². The Morgan fingerprint density at radius 1 is 1.08 bits per heavy atom. The lowest BCUT2D eigenvalue weighted by atomic mass is 10.1. The Balaban J connectivity index is 1.34. The van der Waals surface area contributed by atoms with E-state index in [2.05, 4.69) is 40.2 Å². The van der Waals surface area contributed by atoms with Crippen LogP contribution in [0.2, 0.25) is 0 Å². The number of carbonyl (C=O) groups excluding carboxylic acids is 1. The van der Waals surface area contributed by atoms with Gasteiger partial charge in [0, 0.05) is 19.3 Å². The summed E-state index contributed by atoms with van der Waals surface area (Å²) < 4.78 is 5.82. The second-order valence-corrected chi connectivity index (χ2v) is 7.11. The van der Waals surface area contributed by atoms with Crippen LogP contribution in [0.4, 0.5) is 0 Å². The van der Waals surface area contributed by atoms with E-state index in [0.717, 1.165) is 38.2 Å². The molecule has 0 saturated carbocycles. The zero-order valence-electron chi connectivity index (χ0n) is 15.0. The van der Waals surface area contributed by atoms with E-state index in [9.17, 15) is 4.79 Å². The number of hydrogen-bond acceptors (Lipinski definition) is 4. The van der Waals surface area contributed by atoms with Gasteiger partial charge in [-0.25, -0.2) is 0 Å². The fourth-order valence-corrected chi connectivity index (χ4v) is 3.95. The number of rotatable bonds is 6. The topological polar surface area (TPSA) is 45.7 Å². The zero-order chi connectivity index (χ0) is 17.8. The molecule has 3 heterocycles. The smallest absolute Gasteiger partial charge is 0.249 e. The molecule has 136 valence electrons. The predicted octanol–water partition coefficient (Wildman–Crippen LogP) is 2.13. The SMILES string of the molecule is O=C1CO[C@H]2CN(CCCc3ccccc3)C[C@H]2N1Cc1ccccn1.